The molecule has 3 rings (SSSR count). The molecular formula is C17H19Cl2NSiTi. The molecule has 114 valence electrons. The zero-order valence-electron chi connectivity index (χ0n) is 13.2. The fraction of sp³-hybridized carbons (Fsp3) is 0.235. The summed E-state index contributed by atoms with van der Waals surface area (Å²) in [5, 5.41) is 4.55. The Kier molecular flexibility index (Phi) is 7.10. The molecule has 0 fully saturated rings. The summed E-state index contributed by atoms with van der Waals surface area (Å²) >= 11 is -0.279. The van der Waals surface area contributed by atoms with Crippen molar-refractivity contribution in [2.24, 2.45) is 0 Å². The molecule has 1 nitrogen and oxygen atoms in total. The van der Waals surface area contributed by atoms with Gasteiger partial charge in [0.2, 0.25) is 0 Å². The van der Waals surface area contributed by atoms with Crippen LogP contribution in [-0.4, -0.2) is 18.6 Å². The minimum atomic E-state index is -0.410. The van der Waals surface area contributed by atoms with Crippen LogP contribution in [-0.2, 0) is 19.2 Å². The van der Waals surface area contributed by atoms with Gasteiger partial charge >= 0.3 is 131 Å². The third-order valence-corrected chi connectivity index (χ3v) is 8.28. The number of hydrogen-bond acceptors (Lipinski definition) is 0. The van der Waals surface area contributed by atoms with Crippen LogP contribution < -0.4 is 39.3 Å². The van der Waals surface area contributed by atoms with Crippen LogP contribution in [0.25, 0.3) is 9.95 Å². The van der Waals surface area contributed by atoms with Crippen LogP contribution in [0.1, 0.15) is 11.1 Å². The number of H-pyrrole nitrogens is 1. The predicted molar refractivity (Wildman–Crippen MR) is 86.0 cm³/mol. The van der Waals surface area contributed by atoms with Crippen molar-refractivity contribution >= 4 is 27.5 Å². The first kappa shape index (κ1) is 19.7. The van der Waals surface area contributed by atoms with Crippen molar-refractivity contribution in [2.75, 3.05) is 0 Å². The Morgan fingerprint density at radius 3 is 2.32 bits per heavy atom. The smallest absolute Gasteiger partial charge is 1.00 e. The first-order valence-electron chi connectivity index (χ1n) is 6.98. The average Bonchev–Trinajstić information content (AvgIpc) is 2.95. The van der Waals surface area contributed by atoms with E-state index < -0.39 is 8.41 Å². The third kappa shape index (κ3) is 3.58. The molecule has 0 aliphatic heterocycles. The molecular weight excluding hydrogens is 365 g/mol. The van der Waals surface area contributed by atoms with Gasteiger partial charge in [0.1, 0.15) is 0 Å². The fourth-order valence-electron chi connectivity index (χ4n) is 2.60. The summed E-state index contributed by atoms with van der Waals surface area (Å²) in [5.74, 6) is 0. The number of fused-ring (bicyclic) bond motifs is 1. The molecule has 0 amide bonds. The Morgan fingerprint density at radius 1 is 1.05 bits per heavy atom. The van der Waals surface area contributed by atoms with Crippen molar-refractivity contribution in [3.63, 3.8) is 0 Å². The maximum Gasteiger partial charge on any atom is -1.00 e. The summed E-state index contributed by atoms with van der Waals surface area (Å²) in [5.41, 5.74) is 2.85. The zero-order valence-corrected chi connectivity index (χ0v) is 17.3. The maximum absolute atomic E-state index is 3.51. The van der Waals surface area contributed by atoms with Crippen molar-refractivity contribution in [3.8, 4) is 0 Å². The monoisotopic (exact) mass is 383 g/mol. The Bertz CT molecular complexity index is 833. The second-order valence-corrected chi connectivity index (χ2v) is 10.1. The summed E-state index contributed by atoms with van der Waals surface area (Å²) in [4.78, 5) is 3.51. The molecule has 2 aromatic rings. The van der Waals surface area contributed by atoms with Crippen LogP contribution in [0, 0.1) is 13.8 Å². The Labute approximate surface area is 154 Å². The van der Waals surface area contributed by atoms with Gasteiger partial charge in [-0.25, -0.2) is 0 Å². The SMILES string of the molecule is Cc1c[nH][c]([Ti+2][C]2=c3ccccc3=CC2=[Si](C)C)c1C.[Cl-].[Cl-]. The van der Waals surface area contributed by atoms with Crippen LogP contribution in [0.5, 0.6) is 0 Å². The van der Waals surface area contributed by atoms with Crippen LogP contribution in [0.3, 0.4) is 0 Å². The molecule has 0 unspecified atom stereocenters. The van der Waals surface area contributed by atoms with Crippen molar-refractivity contribution in [1.82, 2.24) is 4.98 Å². The van der Waals surface area contributed by atoms with E-state index in [0.717, 1.165) is 0 Å². The molecule has 1 heterocycles. The number of aromatic amines is 1. The van der Waals surface area contributed by atoms with Gasteiger partial charge in [0, 0.05) is 0 Å². The van der Waals surface area contributed by atoms with Gasteiger partial charge in [0.15, 0.2) is 0 Å². The van der Waals surface area contributed by atoms with E-state index in [-0.39, 0.29) is 44.0 Å². The van der Waals surface area contributed by atoms with E-state index in [0.29, 0.717) is 0 Å². The molecule has 5 heteroatoms. The fourth-order valence-corrected chi connectivity index (χ4v) is 7.21. The molecule has 1 aliphatic rings. The first-order chi connectivity index (χ1) is 9.58. The molecule has 1 aromatic heterocycles. The van der Waals surface area contributed by atoms with Crippen molar-refractivity contribution < 1.29 is 44.0 Å². The van der Waals surface area contributed by atoms with Crippen molar-refractivity contribution in [1.29, 1.82) is 0 Å². The average molecular weight is 384 g/mol. The summed E-state index contributed by atoms with van der Waals surface area (Å²) in [6.07, 6.45) is 4.59. The van der Waals surface area contributed by atoms with Gasteiger partial charge in [-0.05, 0) is 0 Å². The number of hydrogen-bond donors (Lipinski definition) is 1. The van der Waals surface area contributed by atoms with Gasteiger partial charge in [-0.15, -0.1) is 0 Å². The molecule has 0 saturated heterocycles. The van der Waals surface area contributed by atoms with E-state index >= 15 is 0 Å². The molecule has 1 aliphatic carbocycles. The number of nitrogens with one attached hydrogen (secondary N) is 1. The summed E-state index contributed by atoms with van der Waals surface area (Å²) in [6, 6.07) is 8.88. The van der Waals surface area contributed by atoms with Crippen LogP contribution in [0.4, 0.5) is 0 Å². The zero-order chi connectivity index (χ0) is 14.3. The van der Waals surface area contributed by atoms with E-state index in [9.17, 15) is 0 Å². The normalized spacial score (nSPS) is 11.8. The number of aromatic nitrogens is 1. The quantitative estimate of drug-likeness (QED) is 0.503. The van der Waals surface area contributed by atoms with Crippen molar-refractivity contribution in [2.45, 2.75) is 26.9 Å². The first-order valence-corrected chi connectivity index (χ1v) is 11.0. The van der Waals surface area contributed by atoms with E-state index in [1.807, 2.05) is 0 Å². The molecule has 0 saturated carbocycles. The van der Waals surface area contributed by atoms with E-state index in [4.69, 9.17) is 0 Å². The van der Waals surface area contributed by atoms with E-state index in [1.54, 1.807) is 9.05 Å². The van der Waals surface area contributed by atoms with Gasteiger partial charge in [-0.3, -0.25) is 0 Å². The molecule has 1 aromatic carbocycles. The standard InChI is InChI=1S/C11H11Si.C6H8N.2ClH.Ti/c1-12(2)11-7-9-5-3-4-6-10(9)8-11;1-5-3-7-4-6(5)2;;;/h3-7H,1-2H3;3,7H,1-2H3;2*1H;/q;;;;+2/p-2. The van der Waals surface area contributed by atoms with Gasteiger partial charge in [0.05, 0.1) is 0 Å². The summed E-state index contributed by atoms with van der Waals surface area (Å²) in [6.45, 7) is 9.25. The summed E-state index contributed by atoms with van der Waals surface area (Å²) in [7, 11) is -0.410. The number of benzene rings is 1. The molecule has 0 atom stereocenters. The van der Waals surface area contributed by atoms with Crippen molar-refractivity contribution in [3.05, 3.63) is 52.0 Å². The second-order valence-electron chi connectivity index (χ2n) is 5.62. The largest absolute Gasteiger partial charge is 1.00 e. The number of rotatable bonds is 2. The van der Waals surface area contributed by atoms with Crippen LogP contribution >= 0.6 is 0 Å². The molecule has 0 spiro atoms. The second kappa shape index (κ2) is 7.94. The Hall–Kier alpha value is -0.379. The molecule has 0 radical (unpaired) electrons. The molecule has 1 N–H and O–H groups in total. The number of aryl methyl sites for hydroxylation is 1. The molecule has 22 heavy (non-hydrogen) atoms. The topological polar surface area (TPSA) is 15.8 Å². The minimum absolute atomic E-state index is 0. The van der Waals surface area contributed by atoms with E-state index in [1.165, 1.54) is 25.6 Å². The Morgan fingerprint density at radius 2 is 1.73 bits per heavy atom. The predicted octanol–water partition coefficient (Wildman–Crippen LogP) is -4.54. The van der Waals surface area contributed by atoms with Gasteiger partial charge in [0.25, 0.3) is 0 Å². The van der Waals surface area contributed by atoms with Crippen LogP contribution in [0.15, 0.2) is 30.5 Å². The van der Waals surface area contributed by atoms with Gasteiger partial charge < -0.3 is 24.8 Å². The van der Waals surface area contributed by atoms with E-state index in [2.05, 4.69) is 68.5 Å². The van der Waals surface area contributed by atoms with Gasteiger partial charge in [-0.2, -0.15) is 0 Å². The van der Waals surface area contributed by atoms with Crippen LogP contribution in [0.2, 0.25) is 13.1 Å². The number of halogens is 2. The minimum Gasteiger partial charge on any atom is -1.00 e. The molecule has 0 bridgehead atoms. The summed E-state index contributed by atoms with van der Waals surface area (Å²) < 4.78 is 3.15. The Balaban J connectivity index is 0.00000121. The maximum atomic E-state index is 3.51. The third-order valence-electron chi connectivity index (χ3n) is 3.99. The van der Waals surface area contributed by atoms with Gasteiger partial charge in [-0.1, -0.05) is 0 Å².